The summed E-state index contributed by atoms with van der Waals surface area (Å²) in [7, 11) is 0. The van der Waals surface area contributed by atoms with Crippen LogP contribution in [0.5, 0.6) is 5.88 Å². The second-order valence-electron chi connectivity index (χ2n) is 7.87. The van der Waals surface area contributed by atoms with Gasteiger partial charge in [0.15, 0.2) is 0 Å². The average Bonchev–Trinajstić information content (AvgIpc) is 3.40. The number of benzene rings is 1. The monoisotopic (exact) mass is 481 g/mol. The predicted molar refractivity (Wildman–Crippen MR) is 122 cm³/mol. The SMILES string of the molecule is CC(C)Oc1ncc(-c2nc(-c3ccc(N[C@H]4CC[C@@H](C(=O)O)C4)cc3)no2)cc1Cl.[K]. The van der Waals surface area contributed by atoms with Gasteiger partial charge in [-0.05, 0) is 63.4 Å². The van der Waals surface area contributed by atoms with Crippen LogP contribution in [0, 0.1) is 5.92 Å². The molecule has 8 nitrogen and oxygen atoms in total. The smallest absolute Gasteiger partial charge is 0.306 e. The molecule has 0 aliphatic heterocycles. The van der Waals surface area contributed by atoms with Gasteiger partial charge in [0.25, 0.3) is 5.89 Å². The number of nitrogens with one attached hydrogen (secondary N) is 1. The van der Waals surface area contributed by atoms with Crippen LogP contribution in [0.1, 0.15) is 33.1 Å². The molecule has 1 fully saturated rings. The van der Waals surface area contributed by atoms with Crippen molar-refractivity contribution in [3.63, 3.8) is 0 Å². The van der Waals surface area contributed by atoms with Crippen LogP contribution in [0.3, 0.4) is 0 Å². The van der Waals surface area contributed by atoms with Crippen LogP contribution >= 0.6 is 11.6 Å². The van der Waals surface area contributed by atoms with Crippen LogP contribution < -0.4 is 10.1 Å². The number of carboxylic acids is 1. The molecular weight excluding hydrogens is 459 g/mol. The van der Waals surface area contributed by atoms with Crippen molar-refractivity contribution < 1.29 is 19.2 Å². The molecule has 32 heavy (non-hydrogen) atoms. The van der Waals surface area contributed by atoms with E-state index in [4.69, 9.17) is 26.0 Å². The summed E-state index contributed by atoms with van der Waals surface area (Å²) in [5.41, 5.74) is 2.33. The van der Waals surface area contributed by atoms with Crippen molar-refractivity contribution in [3.8, 4) is 28.7 Å². The van der Waals surface area contributed by atoms with Crippen molar-refractivity contribution in [2.75, 3.05) is 5.32 Å². The van der Waals surface area contributed by atoms with Crippen LogP contribution in [-0.2, 0) is 4.79 Å². The number of carboxylic acid groups (broad SMARTS) is 1. The number of aliphatic carboxylic acids is 1. The summed E-state index contributed by atoms with van der Waals surface area (Å²) in [5.74, 6) is 0.148. The second-order valence-corrected chi connectivity index (χ2v) is 8.27. The Labute approximate surface area is 233 Å². The van der Waals surface area contributed by atoms with Gasteiger partial charge in [0.05, 0.1) is 17.6 Å². The standard InChI is InChI=1S/C22H23ClN4O4.K/c1-12(2)30-21-18(23)10-15(11-24-21)20-26-19(27-31-20)13-3-6-16(7-4-13)25-17-8-5-14(9-17)22(28)29;/h3-4,6-7,10-12,14,17,25H,5,8-9H2,1-2H3,(H,28,29);/t14-,17+;/m1./s1. The van der Waals surface area contributed by atoms with Gasteiger partial charge in [-0.2, -0.15) is 4.98 Å². The fourth-order valence-corrected chi connectivity index (χ4v) is 3.81. The normalized spacial score (nSPS) is 17.8. The summed E-state index contributed by atoms with van der Waals surface area (Å²) >= 11 is 6.24. The molecule has 2 heterocycles. The zero-order chi connectivity index (χ0) is 22.0. The maximum atomic E-state index is 11.1. The minimum atomic E-state index is -0.717. The second kappa shape index (κ2) is 11.1. The quantitative estimate of drug-likeness (QED) is 0.474. The third kappa shape index (κ3) is 6.09. The van der Waals surface area contributed by atoms with E-state index < -0.39 is 5.97 Å². The van der Waals surface area contributed by atoms with Crippen molar-refractivity contribution in [1.29, 1.82) is 0 Å². The summed E-state index contributed by atoms with van der Waals surface area (Å²) in [6.07, 6.45) is 3.75. The first-order valence-corrected chi connectivity index (χ1v) is 10.5. The number of pyridine rings is 1. The number of nitrogens with zero attached hydrogens (tertiary/aromatic N) is 3. The van der Waals surface area contributed by atoms with Crippen molar-refractivity contribution in [1.82, 2.24) is 15.1 Å². The number of halogens is 1. The molecule has 1 aromatic carbocycles. The van der Waals surface area contributed by atoms with E-state index in [2.05, 4.69) is 20.4 Å². The molecule has 10 heteroatoms. The fraction of sp³-hybridized carbons (Fsp3) is 0.364. The molecule has 0 saturated heterocycles. The van der Waals surface area contributed by atoms with Crippen LogP contribution in [-0.4, -0.2) is 89.7 Å². The number of rotatable bonds is 7. The van der Waals surface area contributed by atoms with E-state index in [-0.39, 0.29) is 69.4 Å². The molecule has 1 saturated carbocycles. The van der Waals surface area contributed by atoms with Gasteiger partial charge in [0, 0.05) is 74.9 Å². The molecule has 3 aromatic rings. The Hall–Kier alpha value is -1.49. The molecule has 0 spiro atoms. The van der Waals surface area contributed by atoms with E-state index in [1.54, 1.807) is 12.3 Å². The molecule has 163 valence electrons. The summed E-state index contributed by atoms with van der Waals surface area (Å²) in [4.78, 5) is 19.8. The van der Waals surface area contributed by atoms with Gasteiger partial charge in [0.2, 0.25) is 11.7 Å². The van der Waals surface area contributed by atoms with Crippen molar-refractivity contribution in [2.45, 2.75) is 45.3 Å². The summed E-state index contributed by atoms with van der Waals surface area (Å²) in [6, 6.07) is 9.49. The molecule has 1 radical (unpaired) electrons. The first kappa shape index (κ1) is 25.1. The van der Waals surface area contributed by atoms with Crippen LogP contribution in [0.4, 0.5) is 5.69 Å². The zero-order valence-electron chi connectivity index (χ0n) is 18.2. The van der Waals surface area contributed by atoms with Gasteiger partial charge < -0.3 is 19.7 Å². The zero-order valence-corrected chi connectivity index (χ0v) is 22.1. The number of hydrogen-bond donors (Lipinski definition) is 2. The summed E-state index contributed by atoms with van der Waals surface area (Å²) in [6.45, 7) is 3.80. The van der Waals surface area contributed by atoms with Gasteiger partial charge in [-0.1, -0.05) is 16.8 Å². The molecule has 1 aliphatic carbocycles. The Kier molecular flexibility index (Phi) is 8.71. The Bertz CT molecular complexity index is 1070. The molecule has 0 unspecified atom stereocenters. The Morgan fingerprint density at radius 2 is 2.00 bits per heavy atom. The minimum absolute atomic E-state index is 0. The Morgan fingerprint density at radius 3 is 2.62 bits per heavy atom. The molecule has 2 atom stereocenters. The number of carbonyl (C=O) groups is 1. The fourth-order valence-electron chi connectivity index (χ4n) is 3.60. The Morgan fingerprint density at radius 1 is 1.25 bits per heavy atom. The maximum absolute atomic E-state index is 11.1. The van der Waals surface area contributed by atoms with E-state index in [1.165, 1.54) is 0 Å². The van der Waals surface area contributed by atoms with Gasteiger partial charge in [-0.3, -0.25) is 4.79 Å². The minimum Gasteiger partial charge on any atom is -0.481 e. The van der Waals surface area contributed by atoms with E-state index in [9.17, 15) is 4.79 Å². The van der Waals surface area contributed by atoms with Gasteiger partial charge in [-0.15, -0.1) is 0 Å². The topological polar surface area (TPSA) is 110 Å². The molecule has 2 N–H and O–H groups in total. The third-order valence-electron chi connectivity index (χ3n) is 5.12. The van der Waals surface area contributed by atoms with Gasteiger partial charge in [0.1, 0.15) is 5.02 Å². The van der Waals surface area contributed by atoms with E-state index in [0.29, 0.717) is 41.0 Å². The number of aromatic nitrogens is 3. The van der Waals surface area contributed by atoms with Gasteiger partial charge in [-0.25, -0.2) is 4.98 Å². The van der Waals surface area contributed by atoms with Crippen LogP contribution in [0.2, 0.25) is 5.02 Å². The molecule has 4 rings (SSSR count). The molecular formula is C22H23ClKN4O4. The predicted octanol–water partition coefficient (Wildman–Crippen LogP) is 4.52. The van der Waals surface area contributed by atoms with E-state index >= 15 is 0 Å². The van der Waals surface area contributed by atoms with E-state index in [1.807, 2.05) is 38.1 Å². The van der Waals surface area contributed by atoms with E-state index in [0.717, 1.165) is 17.7 Å². The van der Waals surface area contributed by atoms with Crippen molar-refractivity contribution >= 4 is 74.6 Å². The summed E-state index contributed by atoms with van der Waals surface area (Å²) < 4.78 is 10.9. The molecule has 2 aromatic heterocycles. The maximum Gasteiger partial charge on any atom is 0.306 e. The number of anilines is 1. The molecule has 1 aliphatic rings. The van der Waals surface area contributed by atoms with Gasteiger partial charge >= 0.3 is 5.97 Å². The molecule has 0 amide bonds. The van der Waals surface area contributed by atoms with Crippen LogP contribution in [0.15, 0.2) is 41.1 Å². The largest absolute Gasteiger partial charge is 0.481 e. The Balaban J connectivity index is 0.00000289. The third-order valence-corrected chi connectivity index (χ3v) is 5.39. The molecule has 0 bridgehead atoms. The first-order chi connectivity index (χ1) is 14.9. The van der Waals surface area contributed by atoms with Crippen molar-refractivity contribution in [2.24, 2.45) is 5.92 Å². The first-order valence-electron chi connectivity index (χ1n) is 10.1. The average molecular weight is 482 g/mol. The number of hydrogen-bond acceptors (Lipinski definition) is 7. The summed E-state index contributed by atoms with van der Waals surface area (Å²) in [5, 5.41) is 17.0. The number of ether oxygens (including phenoxy) is 1. The van der Waals surface area contributed by atoms with Crippen LogP contribution in [0.25, 0.3) is 22.8 Å². The van der Waals surface area contributed by atoms with Crippen molar-refractivity contribution in [3.05, 3.63) is 41.6 Å².